The first-order chi connectivity index (χ1) is 6.66. The minimum atomic E-state index is -0.0371. The van der Waals surface area contributed by atoms with E-state index in [1.54, 1.807) is 12.3 Å². The topological polar surface area (TPSA) is 58.6 Å². The van der Waals surface area contributed by atoms with Crippen LogP contribution < -0.4 is 5.43 Å². The zero-order valence-electron chi connectivity index (χ0n) is 7.24. The maximum Gasteiger partial charge on any atom is 0.192 e. The summed E-state index contributed by atoms with van der Waals surface area (Å²) in [7, 11) is 0. The van der Waals surface area contributed by atoms with Crippen molar-refractivity contribution >= 4 is 27.3 Å². The molecule has 0 radical (unpaired) electrons. The minimum absolute atomic E-state index is 0.0371. The Morgan fingerprint density at radius 3 is 2.86 bits per heavy atom. The molecule has 2 aromatic rings. The van der Waals surface area contributed by atoms with Gasteiger partial charge < -0.3 is 4.98 Å². The molecule has 0 amide bonds. The number of pyridine rings is 1. The molecular formula is C8H6BrN3OS. The van der Waals surface area contributed by atoms with E-state index >= 15 is 0 Å². The molecule has 1 N–H and O–H groups in total. The van der Waals surface area contributed by atoms with Gasteiger partial charge in [0.25, 0.3) is 0 Å². The molecule has 0 atom stereocenters. The average molecular weight is 272 g/mol. The van der Waals surface area contributed by atoms with Crippen molar-refractivity contribution in [2.24, 2.45) is 0 Å². The van der Waals surface area contributed by atoms with Crippen LogP contribution in [0.25, 0.3) is 10.6 Å². The summed E-state index contributed by atoms with van der Waals surface area (Å²) in [6.07, 6.45) is 1.66. The number of hydrogen-bond acceptors (Lipinski definition) is 4. The van der Waals surface area contributed by atoms with Gasteiger partial charge in [0.05, 0.1) is 5.56 Å². The second-order valence-electron chi connectivity index (χ2n) is 2.75. The first-order valence-corrected chi connectivity index (χ1v) is 5.46. The van der Waals surface area contributed by atoms with Gasteiger partial charge in [0.2, 0.25) is 0 Å². The van der Waals surface area contributed by atoms with Crippen molar-refractivity contribution in [2.45, 2.75) is 6.92 Å². The van der Waals surface area contributed by atoms with Gasteiger partial charge >= 0.3 is 0 Å². The number of aryl methyl sites for hydroxylation is 1. The molecule has 2 rings (SSSR count). The van der Waals surface area contributed by atoms with Crippen molar-refractivity contribution in [1.82, 2.24) is 15.2 Å². The maximum atomic E-state index is 11.6. The number of nitrogens with zero attached hydrogens (tertiary/aromatic N) is 2. The van der Waals surface area contributed by atoms with Crippen LogP contribution in [0, 0.1) is 6.92 Å². The fraction of sp³-hybridized carbons (Fsp3) is 0.125. The van der Waals surface area contributed by atoms with Gasteiger partial charge in [-0.3, -0.25) is 4.79 Å². The number of H-pyrrole nitrogens is 1. The third kappa shape index (κ3) is 1.76. The van der Waals surface area contributed by atoms with Gasteiger partial charge in [0.15, 0.2) is 14.4 Å². The molecular weight excluding hydrogens is 266 g/mol. The summed E-state index contributed by atoms with van der Waals surface area (Å²) < 4.78 is 0.674. The van der Waals surface area contributed by atoms with E-state index in [-0.39, 0.29) is 5.43 Å². The van der Waals surface area contributed by atoms with Gasteiger partial charge in [-0.2, -0.15) is 0 Å². The number of aromatic amines is 1. The quantitative estimate of drug-likeness (QED) is 0.863. The van der Waals surface area contributed by atoms with E-state index in [4.69, 9.17) is 0 Å². The fourth-order valence-electron chi connectivity index (χ4n) is 1.05. The third-order valence-electron chi connectivity index (χ3n) is 1.69. The molecule has 14 heavy (non-hydrogen) atoms. The van der Waals surface area contributed by atoms with Crippen molar-refractivity contribution in [3.05, 3.63) is 32.1 Å². The Labute approximate surface area is 92.2 Å². The van der Waals surface area contributed by atoms with Gasteiger partial charge in [-0.1, -0.05) is 11.3 Å². The largest absolute Gasteiger partial charge is 0.364 e. The van der Waals surface area contributed by atoms with Gasteiger partial charge in [-0.15, -0.1) is 10.2 Å². The molecule has 0 aromatic carbocycles. The molecule has 0 unspecified atom stereocenters. The minimum Gasteiger partial charge on any atom is -0.364 e. The Balaban J connectivity index is 2.57. The van der Waals surface area contributed by atoms with Crippen LogP contribution in [0.2, 0.25) is 0 Å². The zero-order chi connectivity index (χ0) is 10.1. The predicted octanol–water partition coefficient (Wildman–Crippen LogP) is 1.96. The van der Waals surface area contributed by atoms with Crippen LogP contribution in [-0.4, -0.2) is 15.2 Å². The lowest BCUT2D eigenvalue weighted by Gasteiger charge is -1.95. The van der Waals surface area contributed by atoms with E-state index in [9.17, 15) is 4.79 Å². The highest BCUT2D eigenvalue weighted by atomic mass is 79.9. The molecule has 0 aliphatic heterocycles. The van der Waals surface area contributed by atoms with E-state index in [2.05, 4.69) is 31.1 Å². The highest BCUT2D eigenvalue weighted by Crippen LogP contribution is 2.23. The highest BCUT2D eigenvalue weighted by molar-refractivity contribution is 9.11. The monoisotopic (exact) mass is 271 g/mol. The summed E-state index contributed by atoms with van der Waals surface area (Å²) in [4.78, 5) is 14.5. The van der Waals surface area contributed by atoms with Crippen LogP contribution in [0.5, 0.6) is 0 Å². The van der Waals surface area contributed by atoms with Crippen LogP contribution in [0.3, 0.4) is 0 Å². The normalized spacial score (nSPS) is 10.4. The summed E-state index contributed by atoms with van der Waals surface area (Å²) in [6.45, 7) is 1.83. The zero-order valence-corrected chi connectivity index (χ0v) is 9.65. The molecule has 0 aliphatic carbocycles. The average Bonchev–Trinajstić information content (AvgIpc) is 2.51. The first-order valence-electron chi connectivity index (χ1n) is 3.85. The summed E-state index contributed by atoms with van der Waals surface area (Å²) in [5.41, 5.74) is 1.35. The molecule has 0 bridgehead atoms. The Hall–Kier alpha value is -1.01. The van der Waals surface area contributed by atoms with Crippen LogP contribution in [0.4, 0.5) is 0 Å². The number of rotatable bonds is 1. The van der Waals surface area contributed by atoms with Crippen molar-refractivity contribution in [3.8, 4) is 10.6 Å². The van der Waals surface area contributed by atoms with Crippen LogP contribution >= 0.6 is 27.3 Å². The summed E-state index contributed by atoms with van der Waals surface area (Å²) >= 11 is 4.54. The Kier molecular flexibility index (Phi) is 2.47. The molecule has 72 valence electrons. The van der Waals surface area contributed by atoms with Crippen LogP contribution in [-0.2, 0) is 0 Å². The van der Waals surface area contributed by atoms with Crippen molar-refractivity contribution < 1.29 is 0 Å². The first kappa shape index (κ1) is 9.54. The van der Waals surface area contributed by atoms with Gasteiger partial charge in [0.1, 0.15) is 0 Å². The van der Waals surface area contributed by atoms with E-state index in [1.165, 1.54) is 11.3 Å². The molecule has 0 aliphatic rings. The second kappa shape index (κ2) is 3.62. The molecule has 0 fully saturated rings. The Morgan fingerprint density at radius 1 is 1.50 bits per heavy atom. The molecule has 0 saturated heterocycles. The SMILES string of the molecule is Cc1cc(=O)c(-c2nnc(Br)s2)c[nH]1. The predicted molar refractivity (Wildman–Crippen MR) is 58.4 cm³/mol. The van der Waals surface area contributed by atoms with E-state index in [1.807, 2.05) is 6.92 Å². The van der Waals surface area contributed by atoms with Crippen molar-refractivity contribution in [3.63, 3.8) is 0 Å². The summed E-state index contributed by atoms with van der Waals surface area (Å²) in [5, 5.41) is 8.29. The lowest BCUT2D eigenvalue weighted by Crippen LogP contribution is -2.04. The molecule has 0 saturated carbocycles. The van der Waals surface area contributed by atoms with Gasteiger partial charge in [-0.05, 0) is 22.9 Å². The standard InChI is InChI=1S/C8H6BrN3OS/c1-4-2-6(13)5(3-10-4)7-11-12-8(9)14-7/h2-3H,1H3,(H,10,13). The second-order valence-corrected chi connectivity index (χ2v) is 5.01. The maximum absolute atomic E-state index is 11.6. The Morgan fingerprint density at radius 2 is 2.29 bits per heavy atom. The lowest BCUT2D eigenvalue weighted by molar-refractivity contribution is 1.07. The molecule has 2 heterocycles. The molecule has 6 heteroatoms. The molecule has 2 aromatic heterocycles. The number of halogens is 1. The summed E-state index contributed by atoms with van der Waals surface area (Å²) in [6, 6.07) is 1.55. The third-order valence-corrected chi connectivity index (χ3v) is 3.08. The van der Waals surface area contributed by atoms with E-state index in [0.29, 0.717) is 14.5 Å². The number of aromatic nitrogens is 3. The van der Waals surface area contributed by atoms with Gasteiger partial charge in [0, 0.05) is 18.0 Å². The molecule has 0 spiro atoms. The lowest BCUT2D eigenvalue weighted by atomic mass is 10.2. The number of hydrogen-bond donors (Lipinski definition) is 1. The smallest absolute Gasteiger partial charge is 0.192 e. The van der Waals surface area contributed by atoms with Crippen molar-refractivity contribution in [2.75, 3.05) is 0 Å². The number of nitrogens with one attached hydrogen (secondary N) is 1. The van der Waals surface area contributed by atoms with Gasteiger partial charge in [-0.25, -0.2) is 0 Å². The Bertz CT molecular complexity index is 519. The highest BCUT2D eigenvalue weighted by Gasteiger charge is 2.08. The fourth-order valence-corrected chi connectivity index (χ4v) is 2.19. The van der Waals surface area contributed by atoms with E-state index in [0.717, 1.165) is 5.69 Å². The van der Waals surface area contributed by atoms with Crippen LogP contribution in [0.15, 0.2) is 21.0 Å². The van der Waals surface area contributed by atoms with Crippen LogP contribution in [0.1, 0.15) is 5.69 Å². The summed E-state index contributed by atoms with van der Waals surface area (Å²) in [5.74, 6) is 0. The van der Waals surface area contributed by atoms with E-state index < -0.39 is 0 Å². The molecule has 4 nitrogen and oxygen atoms in total. The van der Waals surface area contributed by atoms with Crippen molar-refractivity contribution in [1.29, 1.82) is 0 Å².